The third kappa shape index (κ3) is 5.73. The number of anilines is 2. The van der Waals surface area contributed by atoms with Crippen molar-refractivity contribution in [3.63, 3.8) is 0 Å². The van der Waals surface area contributed by atoms with Gasteiger partial charge in [0.15, 0.2) is 11.6 Å². The Morgan fingerprint density at radius 3 is 2.67 bits per heavy atom. The Hall–Kier alpha value is -3.20. The van der Waals surface area contributed by atoms with Gasteiger partial charge in [-0.2, -0.15) is 0 Å². The number of ether oxygens (including phenoxy) is 2. The molecule has 3 aromatic rings. The van der Waals surface area contributed by atoms with Crippen molar-refractivity contribution in [1.29, 1.82) is 0 Å². The normalized spacial score (nSPS) is 18.4. The molecule has 2 aliphatic heterocycles. The minimum absolute atomic E-state index is 0.261. The fraction of sp³-hybridized carbons (Fsp3) is 0.567. The highest BCUT2D eigenvalue weighted by Gasteiger charge is 2.26. The molecular weight excluding hydrogens is 495 g/mol. The molecule has 5 heterocycles. The van der Waals surface area contributed by atoms with Gasteiger partial charge in [-0.3, -0.25) is 9.97 Å². The topological polar surface area (TPSA) is 75.6 Å². The van der Waals surface area contributed by atoms with Gasteiger partial charge in [0, 0.05) is 43.6 Å². The quantitative estimate of drug-likeness (QED) is 0.385. The number of hydrogen-bond donors (Lipinski definition) is 1. The van der Waals surface area contributed by atoms with Crippen molar-refractivity contribution >= 4 is 22.4 Å². The van der Waals surface area contributed by atoms with Gasteiger partial charge < -0.3 is 24.6 Å². The lowest BCUT2D eigenvalue weighted by Gasteiger charge is -2.35. The Balaban J connectivity index is 1.21. The summed E-state index contributed by atoms with van der Waals surface area (Å²) in [6.45, 7) is 5.67. The van der Waals surface area contributed by atoms with Crippen molar-refractivity contribution in [3.05, 3.63) is 41.6 Å². The molecule has 0 spiro atoms. The minimum Gasteiger partial charge on any atom is -0.488 e. The highest BCUT2D eigenvalue weighted by molar-refractivity contribution is 5.91. The molecule has 1 N–H and O–H groups in total. The molecule has 3 aromatic heterocycles. The summed E-state index contributed by atoms with van der Waals surface area (Å²) in [6.07, 6.45) is 12.7. The first-order valence-electron chi connectivity index (χ1n) is 14.6. The molecule has 0 aromatic carbocycles. The molecule has 0 amide bonds. The van der Waals surface area contributed by atoms with Gasteiger partial charge in [0.2, 0.25) is 0 Å². The predicted octanol–water partition coefficient (Wildman–Crippen LogP) is 5.00. The Bertz CT molecular complexity index is 1290. The Morgan fingerprint density at radius 2 is 1.87 bits per heavy atom. The molecule has 208 valence electrons. The summed E-state index contributed by atoms with van der Waals surface area (Å²) in [4.78, 5) is 18.5. The van der Waals surface area contributed by atoms with Crippen LogP contribution in [0.25, 0.3) is 11.0 Å². The smallest absolute Gasteiger partial charge is 0.257 e. The number of likely N-dealkylation sites (tertiary alicyclic amines) is 1. The number of nitrogens with one attached hydrogen (secondary N) is 1. The number of methoxy groups -OCH3 is 1. The highest BCUT2D eigenvalue weighted by atomic mass is 19.1. The van der Waals surface area contributed by atoms with E-state index in [1.54, 1.807) is 19.4 Å². The van der Waals surface area contributed by atoms with Gasteiger partial charge in [-0.1, -0.05) is 0 Å². The summed E-state index contributed by atoms with van der Waals surface area (Å²) in [7, 11) is 1.65. The van der Waals surface area contributed by atoms with E-state index in [9.17, 15) is 4.39 Å². The maximum atomic E-state index is 14.3. The Morgan fingerprint density at radius 1 is 1.05 bits per heavy atom. The summed E-state index contributed by atoms with van der Waals surface area (Å²) in [5.41, 5.74) is 5.87. The number of fused-ring (bicyclic) bond motifs is 2. The van der Waals surface area contributed by atoms with Gasteiger partial charge in [0.25, 0.3) is 5.88 Å². The molecule has 9 heteroatoms. The highest BCUT2D eigenvalue weighted by Crippen LogP contribution is 2.38. The van der Waals surface area contributed by atoms with E-state index in [0.717, 1.165) is 81.3 Å². The van der Waals surface area contributed by atoms with E-state index in [2.05, 4.69) is 20.1 Å². The van der Waals surface area contributed by atoms with Gasteiger partial charge in [0.1, 0.15) is 5.52 Å². The first-order valence-corrected chi connectivity index (χ1v) is 14.6. The summed E-state index contributed by atoms with van der Waals surface area (Å²) >= 11 is 0. The monoisotopic (exact) mass is 534 g/mol. The van der Waals surface area contributed by atoms with E-state index >= 15 is 0 Å². The maximum Gasteiger partial charge on any atom is 0.257 e. The molecule has 0 bridgehead atoms. The lowest BCUT2D eigenvalue weighted by atomic mass is 9.93. The van der Waals surface area contributed by atoms with Crippen molar-refractivity contribution in [1.82, 2.24) is 19.9 Å². The largest absolute Gasteiger partial charge is 0.488 e. The van der Waals surface area contributed by atoms with Gasteiger partial charge in [0.05, 0.1) is 36.8 Å². The number of nitrogens with zero attached hydrogens (tertiary/aromatic N) is 5. The number of halogens is 1. The molecule has 39 heavy (non-hydrogen) atoms. The van der Waals surface area contributed by atoms with Crippen LogP contribution in [0.5, 0.6) is 11.6 Å². The number of pyridine rings is 3. The Labute approximate surface area is 229 Å². The molecule has 2 fully saturated rings. The predicted molar refractivity (Wildman–Crippen MR) is 152 cm³/mol. The van der Waals surface area contributed by atoms with Crippen LogP contribution >= 0.6 is 0 Å². The van der Waals surface area contributed by atoms with E-state index < -0.39 is 0 Å². The molecule has 1 aliphatic carbocycles. The third-order valence-corrected chi connectivity index (χ3v) is 8.37. The molecule has 0 unspecified atom stereocenters. The molecular formula is C30H39FN6O2. The summed E-state index contributed by atoms with van der Waals surface area (Å²) < 4.78 is 26.2. The van der Waals surface area contributed by atoms with Gasteiger partial charge in [-0.25, -0.2) is 9.37 Å². The van der Waals surface area contributed by atoms with Crippen LogP contribution in [0, 0.1) is 5.82 Å². The van der Waals surface area contributed by atoms with E-state index in [1.807, 2.05) is 6.07 Å². The third-order valence-electron chi connectivity index (χ3n) is 8.37. The number of rotatable bonds is 9. The maximum absolute atomic E-state index is 14.3. The molecule has 0 radical (unpaired) electrons. The molecule has 0 saturated carbocycles. The van der Waals surface area contributed by atoms with Crippen molar-refractivity contribution in [3.8, 4) is 11.6 Å². The summed E-state index contributed by atoms with van der Waals surface area (Å²) in [5, 5.41) is 3.86. The standard InChI is InChI=1S/C30H39FN6O2/c1-38-30-27(39-18-6-15-36-13-4-5-14-36)19-25-29(35-30)28(22-7-2-3-8-24(22)34-25)33-21-10-16-37(17-11-21)26-9-12-32-20-23(26)31/h9,12,19-21H,2-8,10-11,13-18H2,1H3,(H,33,34). The zero-order valence-corrected chi connectivity index (χ0v) is 22.9. The van der Waals surface area contributed by atoms with Crippen LogP contribution in [0.4, 0.5) is 15.8 Å². The number of hydrogen-bond acceptors (Lipinski definition) is 8. The van der Waals surface area contributed by atoms with Crippen LogP contribution in [-0.4, -0.2) is 72.3 Å². The zero-order valence-electron chi connectivity index (χ0n) is 22.9. The second-order valence-electron chi connectivity index (χ2n) is 11.0. The van der Waals surface area contributed by atoms with E-state index in [1.165, 1.54) is 43.4 Å². The second kappa shape index (κ2) is 11.9. The van der Waals surface area contributed by atoms with E-state index in [0.29, 0.717) is 23.9 Å². The van der Waals surface area contributed by atoms with Gasteiger partial charge in [-0.05, 0) is 82.5 Å². The van der Waals surface area contributed by atoms with Crippen LogP contribution in [-0.2, 0) is 12.8 Å². The zero-order chi connectivity index (χ0) is 26.6. The second-order valence-corrected chi connectivity index (χ2v) is 11.0. The summed E-state index contributed by atoms with van der Waals surface area (Å²) in [5.74, 6) is 0.907. The van der Waals surface area contributed by atoms with Gasteiger partial charge >= 0.3 is 0 Å². The van der Waals surface area contributed by atoms with Gasteiger partial charge in [-0.15, -0.1) is 0 Å². The fourth-order valence-corrected chi connectivity index (χ4v) is 6.28. The number of piperidine rings is 1. The summed E-state index contributed by atoms with van der Waals surface area (Å²) in [6, 6.07) is 4.04. The first-order chi connectivity index (χ1) is 19.2. The van der Waals surface area contributed by atoms with Crippen LogP contribution in [0.2, 0.25) is 0 Å². The van der Waals surface area contributed by atoms with Crippen molar-refractivity contribution in [2.24, 2.45) is 0 Å². The fourth-order valence-electron chi connectivity index (χ4n) is 6.28. The van der Waals surface area contributed by atoms with Crippen molar-refractivity contribution in [2.45, 2.75) is 63.8 Å². The van der Waals surface area contributed by atoms with Crippen molar-refractivity contribution < 1.29 is 13.9 Å². The first kappa shape index (κ1) is 26.0. The van der Waals surface area contributed by atoms with Crippen LogP contribution in [0.15, 0.2) is 24.5 Å². The average molecular weight is 535 g/mol. The van der Waals surface area contributed by atoms with Crippen LogP contribution in [0.3, 0.4) is 0 Å². The SMILES string of the molecule is COc1nc2c(NC3CCN(c4ccncc4F)CC3)c3c(nc2cc1OCCCN1CCCC1)CCCC3. The average Bonchev–Trinajstić information content (AvgIpc) is 3.49. The Kier molecular flexibility index (Phi) is 7.95. The minimum atomic E-state index is -0.261. The molecule has 2 saturated heterocycles. The lowest BCUT2D eigenvalue weighted by Crippen LogP contribution is -2.39. The number of aromatic nitrogens is 3. The molecule has 8 nitrogen and oxygen atoms in total. The van der Waals surface area contributed by atoms with E-state index in [4.69, 9.17) is 19.4 Å². The van der Waals surface area contributed by atoms with Crippen LogP contribution in [0.1, 0.15) is 56.2 Å². The van der Waals surface area contributed by atoms with E-state index in [-0.39, 0.29) is 11.9 Å². The molecule has 0 atom stereocenters. The van der Waals surface area contributed by atoms with Crippen molar-refractivity contribution in [2.75, 3.05) is 56.7 Å². The lowest BCUT2D eigenvalue weighted by molar-refractivity contribution is 0.252. The molecule has 6 rings (SSSR count). The van der Waals surface area contributed by atoms with Crippen LogP contribution < -0.4 is 19.7 Å². The number of aryl methyl sites for hydroxylation is 1. The molecule has 3 aliphatic rings.